The highest BCUT2D eigenvalue weighted by Crippen LogP contribution is 2.24. The van der Waals surface area contributed by atoms with Crippen molar-refractivity contribution in [1.82, 2.24) is 14.9 Å². The van der Waals surface area contributed by atoms with Gasteiger partial charge in [-0.05, 0) is 51.3 Å². The number of hydrogen-bond donors (Lipinski definition) is 3. The number of carboxylic acids is 1. The molecule has 2 aromatic rings. The maximum Gasteiger partial charge on any atom is 0.319 e. The van der Waals surface area contributed by atoms with Gasteiger partial charge in [0.2, 0.25) is 0 Å². The van der Waals surface area contributed by atoms with Crippen molar-refractivity contribution in [2.75, 3.05) is 5.32 Å². The Bertz CT molecular complexity index is 826. The highest BCUT2D eigenvalue weighted by Gasteiger charge is 2.22. The molecule has 26 heavy (non-hydrogen) atoms. The van der Waals surface area contributed by atoms with Crippen LogP contribution in [0.4, 0.5) is 10.5 Å². The predicted molar refractivity (Wildman–Crippen MR) is 100 cm³/mol. The van der Waals surface area contributed by atoms with E-state index in [2.05, 4.69) is 15.2 Å². The van der Waals surface area contributed by atoms with Gasteiger partial charge in [0.15, 0.2) is 0 Å². The zero-order valence-corrected chi connectivity index (χ0v) is 15.3. The van der Waals surface area contributed by atoms with Crippen LogP contribution in [0.5, 0.6) is 0 Å². The number of carbonyl (C=O) groups is 2. The molecule has 1 aliphatic rings. The van der Waals surface area contributed by atoms with Gasteiger partial charge in [-0.3, -0.25) is 4.79 Å². The van der Waals surface area contributed by atoms with E-state index in [1.165, 1.54) is 19.3 Å². The number of urea groups is 1. The van der Waals surface area contributed by atoms with Crippen LogP contribution in [0.3, 0.4) is 0 Å². The maximum absolute atomic E-state index is 12.3. The fraction of sp³-hybridized carbons (Fsp3) is 0.526. The second kappa shape index (κ2) is 7.35. The monoisotopic (exact) mass is 358 g/mol. The first-order valence-corrected chi connectivity index (χ1v) is 9.14. The van der Waals surface area contributed by atoms with Crippen LogP contribution in [0.2, 0.25) is 0 Å². The zero-order valence-electron chi connectivity index (χ0n) is 15.3. The average Bonchev–Trinajstić information content (AvgIpc) is 2.73. The van der Waals surface area contributed by atoms with E-state index in [0.29, 0.717) is 12.1 Å². The van der Waals surface area contributed by atoms with E-state index in [1.54, 1.807) is 0 Å². The van der Waals surface area contributed by atoms with Crippen LogP contribution in [0.25, 0.3) is 11.0 Å². The van der Waals surface area contributed by atoms with Gasteiger partial charge in [-0.15, -0.1) is 0 Å². The minimum Gasteiger partial charge on any atom is -0.481 e. The molecule has 0 saturated carbocycles. The van der Waals surface area contributed by atoms with Gasteiger partial charge in [0.1, 0.15) is 5.82 Å². The first-order chi connectivity index (χ1) is 12.3. The van der Waals surface area contributed by atoms with Crippen LogP contribution in [-0.4, -0.2) is 32.2 Å². The van der Waals surface area contributed by atoms with Gasteiger partial charge in [-0.25, -0.2) is 9.78 Å². The van der Waals surface area contributed by atoms with Crippen LogP contribution in [0.15, 0.2) is 18.2 Å². The summed E-state index contributed by atoms with van der Waals surface area (Å²) >= 11 is 0. The summed E-state index contributed by atoms with van der Waals surface area (Å²) in [6.45, 7) is 4.62. The van der Waals surface area contributed by atoms with Crippen molar-refractivity contribution in [3.8, 4) is 0 Å². The number of nitrogens with zero attached hydrogens (tertiary/aromatic N) is 2. The Hall–Kier alpha value is -2.57. The minimum atomic E-state index is -0.870. The third kappa shape index (κ3) is 4.33. The van der Waals surface area contributed by atoms with Gasteiger partial charge >= 0.3 is 12.0 Å². The molecule has 7 nitrogen and oxygen atoms in total. The second-order valence-electron chi connectivity index (χ2n) is 7.55. The Morgan fingerprint density at radius 1 is 1.27 bits per heavy atom. The van der Waals surface area contributed by atoms with Crippen LogP contribution in [0, 0.1) is 0 Å². The minimum absolute atomic E-state index is 0.0133. The number of benzene rings is 1. The van der Waals surface area contributed by atoms with Crippen LogP contribution in [0.1, 0.15) is 51.8 Å². The molecule has 0 fully saturated rings. The third-order valence-corrected chi connectivity index (χ3v) is 4.78. The molecule has 0 bridgehead atoms. The van der Waals surface area contributed by atoms with Gasteiger partial charge in [0.25, 0.3) is 0 Å². The predicted octanol–water partition coefficient (Wildman–Crippen LogP) is 3.53. The molecule has 1 aromatic heterocycles. The Balaban J connectivity index is 1.69. The number of aromatic nitrogens is 2. The van der Waals surface area contributed by atoms with E-state index >= 15 is 0 Å². The molecule has 140 valence electrons. The lowest BCUT2D eigenvalue weighted by molar-refractivity contribution is -0.137. The molecule has 3 N–H and O–H groups in total. The number of aliphatic carboxylic acids is 1. The highest BCUT2D eigenvalue weighted by molar-refractivity contribution is 5.92. The molecule has 0 spiro atoms. The first-order valence-electron chi connectivity index (χ1n) is 9.14. The van der Waals surface area contributed by atoms with Crippen molar-refractivity contribution in [3.63, 3.8) is 0 Å². The Morgan fingerprint density at radius 2 is 2.08 bits per heavy atom. The zero-order chi connectivity index (χ0) is 18.7. The Labute approximate surface area is 152 Å². The van der Waals surface area contributed by atoms with Crippen LogP contribution in [-0.2, 0) is 17.8 Å². The van der Waals surface area contributed by atoms with E-state index in [1.807, 2.05) is 32.0 Å². The van der Waals surface area contributed by atoms with Gasteiger partial charge in [-0.1, -0.05) is 6.42 Å². The summed E-state index contributed by atoms with van der Waals surface area (Å²) < 4.78 is 2.28. The number of rotatable bonds is 5. The van der Waals surface area contributed by atoms with E-state index in [4.69, 9.17) is 10.1 Å². The van der Waals surface area contributed by atoms with Crippen molar-refractivity contribution >= 4 is 28.7 Å². The molecule has 1 aromatic carbocycles. The summed E-state index contributed by atoms with van der Waals surface area (Å²) in [5.41, 5.74) is 2.08. The van der Waals surface area contributed by atoms with Gasteiger partial charge in [0.05, 0.1) is 11.0 Å². The molecule has 7 heteroatoms. The number of nitrogens with one attached hydrogen (secondary N) is 2. The van der Waals surface area contributed by atoms with Gasteiger partial charge in [0, 0.05) is 30.6 Å². The summed E-state index contributed by atoms with van der Waals surface area (Å²) in [6.07, 6.45) is 4.95. The average molecular weight is 358 g/mol. The molecule has 0 atom stereocenters. The summed E-state index contributed by atoms with van der Waals surface area (Å²) in [5.74, 6) is 0.249. The number of hydrogen-bond acceptors (Lipinski definition) is 3. The normalized spacial score (nSPS) is 14.5. The number of carbonyl (C=O) groups excluding carboxylic acids is 1. The third-order valence-electron chi connectivity index (χ3n) is 4.78. The molecule has 0 aliphatic carbocycles. The molecule has 1 aliphatic heterocycles. The van der Waals surface area contributed by atoms with Gasteiger partial charge < -0.3 is 20.3 Å². The van der Waals surface area contributed by atoms with Crippen molar-refractivity contribution in [3.05, 3.63) is 24.0 Å². The molecular formula is C19H26N4O3. The van der Waals surface area contributed by atoms with Crippen LogP contribution >= 0.6 is 0 Å². The van der Waals surface area contributed by atoms with Crippen molar-refractivity contribution < 1.29 is 14.7 Å². The number of aryl methyl sites for hydroxylation is 2. The molecule has 0 unspecified atom stereocenters. The summed E-state index contributed by atoms with van der Waals surface area (Å²) in [4.78, 5) is 27.7. The lowest BCUT2D eigenvalue weighted by Gasteiger charge is -2.25. The molecule has 0 radical (unpaired) electrons. The lowest BCUT2D eigenvalue weighted by Crippen LogP contribution is -2.45. The number of anilines is 1. The summed E-state index contributed by atoms with van der Waals surface area (Å²) in [6, 6.07) is 5.43. The number of fused-ring (bicyclic) bond motifs is 3. The topological polar surface area (TPSA) is 96.2 Å². The largest absolute Gasteiger partial charge is 0.481 e. The molecule has 2 heterocycles. The van der Waals surface area contributed by atoms with E-state index < -0.39 is 11.5 Å². The smallest absolute Gasteiger partial charge is 0.319 e. The van der Waals surface area contributed by atoms with Crippen molar-refractivity contribution in [2.45, 2.75) is 64.5 Å². The fourth-order valence-electron chi connectivity index (χ4n) is 3.38. The SMILES string of the molecule is CC(C)(CCC(=O)O)NC(=O)Nc1ccc2c(c1)nc1n2CCCCC1. The molecule has 2 amide bonds. The molecule has 0 saturated heterocycles. The maximum atomic E-state index is 12.3. The fourth-order valence-corrected chi connectivity index (χ4v) is 3.38. The van der Waals surface area contributed by atoms with E-state index in [0.717, 1.165) is 29.8 Å². The lowest BCUT2D eigenvalue weighted by atomic mass is 9.99. The number of imidazole rings is 1. The van der Waals surface area contributed by atoms with E-state index in [9.17, 15) is 9.59 Å². The summed E-state index contributed by atoms with van der Waals surface area (Å²) in [5, 5.41) is 14.4. The Morgan fingerprint density at radius 3 is 2.85 bits per heavy atom. The Kier molecular flexibility index (Phi) is 5.15. The first kappa shape index (κ1) is 18.2. The van der Waals surface area contributed by atoms with Gasteiger partial charge in [-0.2, -0.15) is 0 Å². The number of carboxylic acid groups (broad SMARTS) is 1. The second-order valence-corrected chi connectivity index (χ2v) is 7.55. The highest BCUT2D eigenvalue weighted by atomic mass is 16.4. The standard InChI is InChI=1S/C19H26N4O3/c1-19(2,10-9-17(24)25)22-18(26)20-13-7-8-15-14(12-13)21-16-6-4-3-5-11-23(15)16/h7-8,12H,3-6,9-11H2,1-2H3,(H,24,25)(H2,20,22,26). The molecule has 3 rings (SSSR count). The van der Waals surface area contributed by atoms with Crippen molar-refractivity contribution in [1.29, 1.82) is 0 Å². The van der Waals surface area contributed by atoms with Crippen molar-refractivity contribution in [2.24, 2.45) is 0 Å². The van der Waals surface area contributed by atoms with Crippen LogP contribution < -0.4 is 10.6 Å². The molecular weight excluding hydrogens is 332 g/mol. The van der Waals surface area contributed by atoms with E-state index in [-0.39, 0.29) is 12.5 Å². The quantitative estimate of drug-likeness (QED) is 0.762. The number of amides is 2. The summed E-state index contributed by atoms with van der Waals surface area (Å²) in [7, 11) is 0.